The minimum atomic E-state index is 0.347. The molecule has 19 heavy (non-hydrogen) atoms. The van der Waals surface area contributed by atoms with Crippen LogP contribution in [0.1, 0.15) is 0 Å². The monoisotopic (exact) mass is 317 g/mol. The zero-order valence-electron chi connectivity index (χ0n) is 9.62. The molecule has 2 heterocycles. The molecular formula is C12H8BrN5O. The molecule has 0 atom stereocenters. The maximum Gasteiger partial charge on any atom is 0.260 e. The van der Waals surface area contributed by atoms with Gasteiger partial charge in [0.2, 0.25) is 5.82 Å². The Hall–Kier alpha value is -2.28. The maximum atomic E-state index is 5.96. The second-order valence-corrected chi connectivity index (χ2v) is 4.57. The zero-order valence-corrected chi connectivity index (χ0v) is 11.2. The van der Waals surface area contributed by atoms with E-state index in [2.05, 4.69) is 36.0 Å². The van der Waals surface area contributed by atoms with Crippen molar-refractivity contribution in [3.8, 4) is 23.0 Å². The van der Waals surface area contributed by atoms with Gasteiger partial charge in [0.25, 0.3) is 5.89 Å². The third kappa shape index (κ3) is 2.19. The predicted octanol–water partition coefficient (Wildman–Crippen LogP) is 2.54. The lowest BCUT2D eigenvalue weighted by Gasteiger charge is -2.01. The Morgan fingerprint density at radius 2 is 2.11 bits per heavy atom. The molecule has 0 amide bonds. The number of hydrogen-bond donors (Lipinski definition) is 1. The molecule has 0 aliphatic carbocycles. The van der Waals surface area contributed by atoms with Gasteiger partial charge >= 0.3 is 0 Å². The lowest BCUT2D eigenvalue weighted by atomic mass is 10.2. The second-order valence-electron chi connectivity index (χ2n) is 3.71. The maximum absolute atomic E-state index is 5.96. The van der Waals surface area contributed by atoms with Crippen molar-refractivity contribution < 1.29 is 4.52 Å². The Balaban J connectivity index is 2.05. The molecule has 0 fully saturated rings. The molecule has 0 radical (unpaired) electrons. The summed E-state index contributed by atoms with van der Waals surface area (Å²) in [4.78, 5) is 12.3. The highest BCUT2D eigenvalue weighted by molar-refractivity contribution is 9.10. The van der Waals surface area contributed by atoms with Gasteiger partial charge in [-0.15, -0.1) is 0 Å². The van der Waals surface area contributed by atoms with Gasteiger partial charge in [0.05, 0.1) is 17.4 Å². The van der Waals surface area contributed by atoms with Gasteiger partial charge in [0.1, 0.15) is 5.69 Å². The number of rotatable bonds is 2. The average Bonchev–Trinajstić information content (AvgIpc) is 2.92. The molecule has 6 nitrogen and oxygen atoms in total. The SMILES string of the molecule is Nc1c(Br)cccc1-c1nc(-c2cnccn2)no1. The van der Waals surface area contributed by atoms with E-state index in [4.69, 9.17) is 10.3 Å². The number of hydrogen-bond acceptors (Lipinski definition) is 6. The smallest absolute Gasteiger partial charge is 0.260 e. The summed E-state index contributed by atoms with van der Waals surface area (Å²) in [5.41, 5.74) is 7.74. The molecule has 2 aromatic heterocycles. The fraction of sp³-hybridized carbons (Fsp3) is 0. The topological polar surface area (TPSA) is 90.7 Å². The number of halogens is 1. The molecule has 0 bridgehead atoms. The zero-order chi connectivity index (χ0) is 13.2. The average molecular weight is 318 g/mol. The van der Waals surface area contributed by atoms with Crippen LogP contribution in [0.3, 0.4) is 0 Å². The van der Waals surface area contributed by atoms with E-state index in [1.54, 1.807) is 18.6 Å². The number of anilines is 1. The van der Waals surface area contributed by atoms with Gasteiger partial charge in [-0.2, -0.15) is 4.98 Å². The van der Waals surface area contributed by atoms with Crippen LogP contribution in [-0.4, -0.2) is 20.1 Å². The van der Waals surface area contributed by atoms with E-state index in [0.717, 1.165) is 4.47 Å². The molecule has 0 saturated carbocycles. The largest absolute Gasteiger partial charge is 0.397 e. The van der Waals surface area contributed by atoms with Crippen LogP contribution in [0.25, 0.3) is 23.0 Å². The van der Waals surface area contributed by atoms with Crippen molar-refractivity contribution in [2.24, 2.45) is 0 Å². The standard InChI is InChI=1S/C12H8BrN5O/c13-8-3-1-2-7(10(8)14)12-17-11(18-19-12)9-6-15-4-5-16-9/h1-6H,14H2. The van der Waals surface area contributed by atoms with Crippen LogP contribution in [0, 0.1) is 0 Å². The van der Waals surface area contributed by atoms with Gasteiger partial charge in [-0.25, -0.2) is 4.98 Å². The highest BCUT2D eigenvalue weighted by Crippen LogP contribution is 2.31. The number of nitrogen functional groups attached to an aromatic ring is 1. The summed E-state index contributed by atoms with van der Waals surface area (Å²) in [5.74, 6) is 0.724. The van der Waals surface area contributed by atoms with Crippen LogP contribution in [0.2, 0.25) is 0 Å². The quantitative estimate of drug-likeness (QED) is 0.730. The first-order valence-electron chi connectivity index (χ1n) is 5.40. The summed E-state index contributed by atoms with van der Waals surface area (Å²) in [7, 11) is 0. The van der Waals surface area contributed by atoms with E-state index in [9.17, 15) is 0 Å². The molecule has 3 aromatic rings. The van der Waals surface area contributed by atoms with Gasteiger partial charge in [-0.1, -0.05) is 11.2 Å². The predicted molar refractivity (Wildman–Crippen MR) is 72.9 cm³/mol. The fourth-order valence-corrected chi connectivity index (χ4v) is 1.94. The first-order valence-corrected chi connectivity index (χ1v) is 6.19. The first kappa shape index (κ1) is 11.8. The van der Waals surface area contributed by atoms with Crippen molar-refractivity contribution in [2.45, 2.75) is 0 Å². The second kappa shape index (κ2) is 4.77. The van der Waals surface area contributed by atoms with Crippen molar-refractivity contribution in [1.29, 1.82) is 0 Å². The summed E-state index contributed by atoms with van der Waals surface area (Å²) >= 11 is 3.36. The Morgan fingerprint density at radius 1 is 1.21 bits per heavy atom. The molecule has 1 aromatic carbocycles. The van der Waals surface area contributed by atoms with Crippen LogP contribution in [0.4, 0.5) is 5.69 Å². The summed E-state index contributed by atoms with van der Waals surface area (Å²) in [6, 6.07) is 5.51. The van der Waals surface area contributed by atoms with E-state index >= 15 is 0 Å². The molecule has 0 spiro atoms. The molecule has 7 heteroatoms. The number of nitrogens with two attached hydrogens (primary N) is 1. The van der Waals surface area contributed by atoms with Crippen LogP contribution in [0.15, 0.2) is 45.8 Å². The highest BCUT2D eigenvalue weighted by Gasteiger charge is 2.14. The number of nitrogens with zero attached hydrogens (tertiary/aromatic N) is 4. The van der Waals surface area contributed by atoms with E-state index < -0.39 is 0 Å². The van der Waals surface area contributed by atoms with E-state index in [0.29, 0.717) is 28.7 Å². The van der Waals surface area contributed by atoms with Gasteiger partial charge in [0, 0.05) is 16.9 Å². The van der Waals surface area contributed by atoms with E-state index in [1.165, 1.54) is 0 Å². The van der Waals surface area contributed by atoms with Gasteiger partial charge in [-0.05, 0) is 28.1 Å². The molecule has 0 aliphatic heterocycles. The number of benzene rings is 1. The normalized spacial score (nSPS) is 10.6. The van der Waals surface area contributed by atoms with Crippen molar-refractivity contribution in [2.75, 3.05) is 5.73 Å². The number of para-hydroxylation sites is 1. The van der Waals surface area contributed by atoms with Crippen LogP contribution in [0.5, 0.6) is 0 Å². The lowest BCUT2D eigenvalue weighted by Crippen LogP contribution is -1.91. The summed E-state index contributed by atoms with van der Waals surface area (Å²) in [6.07, 6.45) is 4.72. The van der Waals surface area contributed by atoms with Gasteiger partial charge in [-0.3, -0.25) is 4.98 Å². The Morgan fingerprint density at radius 3 is 2.89 bits per heavy atom. The van der Waals surface area contributed by atoms with Gasteiger partial charge < -0.3 is 10.3 Å². The minimum Gasteiger partial charge on any atom is -0.397 e. The summed E-state index contributed by atoms with van der Waals surface area (Å²) in [6.45, 7) is 0. The third-order valence-electron chi connectivity index (χ3n) is 2.50. The Labute approximate surface area is 116 Å². The van der Waals surface area contributed by atoms with Crippen LogP contribution < -0.4 is 5.73 Å². The van der Waals surface area contributed by atoms with Crippen molar-refractivity contribution in [3.63, 3.8) is 0 Å². The number of aromatic nitrogens is 4. The Bertz CT molecular complexity index is 713. The fourth-order valence-electron chi connectivity index (χ4n) is 1.58. The molecule has 0 saturated heterocycles. The van der Waals surface area contributed by atoms with Crippen molar-refractivity contribution in [1.82, 2.24) is 20.1 Å². The summed E-state index contributed by atoms with van der Waals surface area (Å²) < 4.78 is 5.99. The molecule has 0 unspecified atom stereocenters. The van der Waals surface area contributed by atoms with Crippen molar-refractivity contribution >= 4 is 21.6 Å². The minimum absolute atomic E-state index is 0.347. The molecule has 2 N–H and O–H groups in total. The van der Waals surface area contributed by atoms with E-state index in [-0.39, 0.29) is 0 Å². The van der Waals surface area contributed by atoms with Crippen LogP contribution in [-0.2, 0) is 0 Å². The first-order chi connectivity index (χ1) is 9.25. The third-order valence-corrected chi connectivity index (χ3v) is 3.19. The van der Waals surface area contributed by atoms with Gasteiger partial charge in [0.15, 0.2) is 0 Å². The Kier molecular flexibility index (Phi) is 2.96. The van der Waals surface area contributed by atoms with Crippen LogP contribution >= 0.6 is 15.9 Å². The summed E-state index contributed by atoms with van der Waals surface area (Å²) in [5, 5.41) is 3.87. The molecular weight excluding hydrogens is 310 g/mol. The lowest BCUT2D eigenvalue weighted by molar-refractivity contribution is 0.432. The van der Waals surface area contributed by atoms with Crippen molar-refractivity contribution in [3.05, 3.63) is 41.3 Å². The van der Waals surface area contributed by atoms with E-state index in [1.807, 2.05) is 18.2 Å². The molecule has 94 valence electrons. The molecule has 0 aliphatic rings. The molecule has 3 rings (SSSR count). The highest BCUT2D eigenvalue weighted by atomic mass is 79.9.